The number of hydrogen-bond donors (Lipinski definition) is 0. The van der Waals surface area contributed by atoms with Gasteiger partial charge in [0.25, 0.3) is 0 Å². The van der Waals surface area contributed by atoms with E-state index in [0.717, 1.165) is 5.56 Å². The van der Waals surface area contributed by atoms with Crippen LogP contribution in [0.2, 0.25) is 0 Å². The van der Waals surface area contributed by atoms with Gasteiger partial charge in [-0.3, -0.25) is 0 Å². The largest absolute Gasteiger partial charge is 0.482 e. The van der Waals surface area contributed by atoms with Crippen molar-refractivity contribution in [3.05, 3.63) is 59.2 Å². The molecule has 0 saturated carbocycles. The molecule has 0 fully saturated rings. The molecule has 0 saturated heterocycles. The maximum atomic E-state index is 11.8. The Labute approximate surface area is 136 Å². The maximum Gasteiger partial charge on any atom is 0.349 e. The van der Waals surface area contributed by atoms with E-state index in [1.54, 1.807) is 24.3 Å². The van der Waals surface area contributed by atoms with Gasteiger partial charge in [-0.1, -0.05) is 19.9 Å². The van der Waals surface area contributed by atoms with Crippen LogP contribution in [0.5, 0.6) is 11.5 Å². The number of esters is 1. The fourth-order valence-corrected chi connectivity index (χ4v) is 2.29. The van der Waals surface area contributed by atoms with Gasteiger partial charge in [0.15, 0.2) is 6.61 Å². The molecule has 0 unspecified atom stereocenters. The number of carbonyl (C=O) groups is 1. The van der Waals surface area contributed by atoms with Crippen LogP contribution in [0.3, 0.4) is 0 Å². The molecule has 2 aromatic carbocycles. The second kappa shape index (κ2) is 7.46. The van der Waals surface area contributed by atoms with Gasteiger partial charge in [0.2, 0.25) is 0 Å². The molecule has 0 N–H and O–H groups in total. The lowest BCUT2D eigenvalue weighted by Gasteiger charge is -2.12. The van der Waals surface area contributed by atoms with Gasteiger partial charge in [-0.15, -0.1) is 0 Å². The zero-order valence-corrected chi connectivity index (χ0v) is 13.5. The molecule has 0 heterocycles. The summed E-state index contributed by atoms with van der Waals surface area (Å²) in [6, 6.07) is 14.2. The Bertz CT molecular complexity index is 727. The highest BCUT2D eigenvalue weighted by molar-refractivity contribution is 5.74. The smallest absolute Gasteiger partial charge is 0.349 e. The zero-order chi connectivity index (χ0) is 16.8. The predicted molar refractivity (Wildman–Crippen MR) is 87.6 cm³/mol. The molecule has 118 valence electrons. The van der Waals surface area contributed by atoms with Crippen LogP contribution in [0.25, 0.3) is 0 Å². The van der Waals surface area contributed by atoms with E-state index in [0.29, 0.717) is 23.0 Å². The summed E-state index contributed by atoms with van der Waals surface area (Å²) >= 11 is 0. The van der Waals surface area contributed by atoms with E-state index < -0.39 is 5.97 Å². The predicted octanol–water partition coefficient (Wildman–Crippen LogP) is 3.97. The lowest BCUT2D eigenvalue weighted by Crippen LogP contribution is -2.17. The van der Waals surface area contributed by atoms with Crippen LogP contribution >= 0.6 is 0 Å². The first-order valence-corrected chi connectivity index (χ1v) is 7.44. The fourth-order valence-electron chi connectivity index (χ4n) is 2.29. The summed E-state index contributed by atoms with van der Waals surface area (Å²) in [5.41, 5.74) is 2.91. The van der Waals surface area contributed by atoms with Crippen LogP contribution < -0.4 is 9.47 Å². The van der Waals surface area contributed by atoms with E-state index in [1.165, 1.54) is 5.56 Å². The Morgan fingerprint density at radius 1 is 1.13 bits per heavy atom. The van der Waals surface area contributed by atoms with Gasteiger partial charge >= 0.3 is 5.97 Å². The van der Waals surface area contributed by atoms with E-state index >= 15 is 0 Å². The van der Waals surface area contributed by atoms with Gasteiger partial charge in [-0.25, -0.2) is 4.79 Å². The minimum Gasteiger partial charge on any atom is -0.482 e. The summed E-state index contributed by atoms with van der Waals surface area (Å²) in [4.78, 5) is 11.8. The Hall–Kier alpha value is -2.80. The van der Waals surface area contributed by atoms with Crippen LogP contribution in [0, 0.1) is 18.3 Å². The van der Waals surface area contributed by atoms with E-state index in [4.69, 9.17) is 14.7 Å². The molecule has 0 amide bonds. The molecule has 0 aliphatic heterocycles. The molecule has 0 atom stereocenters. The quantitative estimate of drug-likeness (QED) is 0.619. The Morgan fingerprint density at radius 2 is 1.78 bits per heavy atom. The normalized spacial score (nSPS) is 10.2. The van der Waals surface area contributed by atoms with Crippen molar-refractivity contribution < 1.29 is 14.3 Å². The molecule has 0 aliphatic rings. The highest BCUT2D eigenvalue weighted by Gasteiger charge is 2.08. The van der Waals surface area contributed by atoms with Crippen LogP contribution in [-0.4, -0.2) is 12.6 Å². The monoisotopic (exact) mass is 309 g/mol. The Balaban J connectivity index is 1.91. The molecule has 2 aromatic rings. The standard InChI is InChI=1S/C19H19NO3/c1-13(2)18-9-8-17(10-14(18)3)22-12-19(21)23-16-6-4-15(11-20)5-7-16/h4-10,13H,12H2,1-3H3. The van der Waals surface area contributed by atoms with Gasteiger partial charge in [0.1, 0.15) is 11.5 Å². The van der Waals surface area contributed by atoms with Crippen LogP contribution in [-0.2, 0) is 4.79 Å². The van der Waals surface area contributed by atoms with Crippen LogP contribution in [0.4, 0.5) is 0 Å². The van der Waals surface area contributed by atoms with Gasteiger partial charge in [-0.2, -0.15) is 5.26 Å². The molecule has 4 nitrogen and oxygen atoms in total. The number of hydrogen-bond acceptors (Lipinski definition) is 4. The molecule has 2 rings (SSSR count). The van der Waals surface area contributed by atoms with E-state index in [-0.39, 0.29) is 6.61 Å². The van der Waals surface area contributed by atoms with Gasteiger partial charge in [0, 0.05) is 0 Å². The van der Waals surface area contributed by atoms with Crippen molar-refractivity contribution in [2.24, 2.45) is 0 Å². The highest BCUT2D eigenvalue weighted by atomic mass is 16.6. The molecular weight excluding hydrogens is 290 g/mol. The van der Waals surface area contributed by atoms with E-state index in [2.05, 4.69) is 13.8 Å². The van der Waals surface area contributed by atoms with Crippen molar-refractivity contribution in [1.82, 2.24) is 0 Å². The van der Waals surface area contributed by atoms with Crippen LogP contribution in [0.15, 0.2) is 42.5 Å². The van der Waals surface area contributed by atoms with Crippen molar-refractivity contribution in [3.8, 4) is 17.6 Å². The Kier molecular flexibility index (Phi) is 5.37. The summed E-state index contributed by atoms with van der Waals surface area (Å²) in [5.74, 6) is 0.998. The Morgan fingerprint density at radius 3 is 2.35 bits per heavy atom. The van der Waals surface area contributed by atoms with Gasteiger partial charge < -0.3 is 9.47 Å². The number of nitriles is 1. The summed E-state index contributed by atoms with van der Waals surface area (Å²) < 4.78 is 10.6. The minimum atomic E-state index is -0.486. The lowest BCUT2D eigenvalue weighted by molar-refractivity contribution is -0.136. The number of nitrogens with zero attached hydrogens (tertiary/aromatic N) is 1. The number of carbonyl (C=O) groups excluding carboxylic acids is 1. The number of ether oxygens (including phenoxy) is 2. The average Bonchev–Trinajstić information content (AvgIpc) is 2.53. The molecule has 4 heteroatoms. The number of benzene rings is 2. The second-order valence-electron chi connectivity index (χ2n) is 5.57. The topological polar surface area (TPSA) is 59.3 Å². The van der Waals surface area contributed by atoms with Gasteiger partial charge in [-0.05, 0) is 60.4 Å². The maximum absolute atomic E-state index is 11.8. The van der Waals surface area contributed by atoms with E-state index in [1.807, 2.05) is 31.2 Å². The fraction of sp³-hybridized carbons (Fsp3) is 0.263. The number of aryl methyl sites for hydroxylation is 1. The molecule has 0 spiro atoms. The van der Waals surface area contributed by atoms with Crippen molar-refractivity contribution in [2.45, 2.75) is 26.7 Å². The first-order valence-electron chi connectivity index (χ1n) is 7.44. The minimum absolute atomic E-state index is 0.166. The summed E-state index contributed by atoms with van der Waals surface area (Å²) in [5, 5.41) is 8.72. The molecule has 23 heavy (non-hydrogen) atoms. The summed E-state index contributed by atoms with van der Waals surface area (Å²) in [6.45, 7) is 6.13. The van der Waals surface area contributed by atoms with Gasteiger partial charge in [0.05, 0.1) is 11.6 Å². The lowest BCUT2D eigenvalue weighted by atomic mass is 9.98. The zero-order valence-electron chi connectivity index (χ0n) is 13.5. The third kappa shape index (κ3) is 4.58. The van der Waals surface area contributed by atoms with Crippen molar-refractivity contribution >= 4 is 5.97 Å². The number of rotatable bonds is 5. The van der Waals surface area contributed by atoms with Crippen molar-refractivity contribution in [1.29, 1.82) is 5.26 Å². The highest BCUT2D eigenvalue weighted by Crippen LogP contribution is 2.23. The molecular formula is C19H19NO3. The molecule has 0 bridgehead atoms. The molecule has 0 aromatic heterocycles. The van der Waals surface area contributed by atoms with Crippen molar-refractivity contribution in [2.75, 3.05) is 6.61 Å². The van der Waals surface area contributed by atoms with Crippen molar-refractivity contribution in [3.63, 3.8) is 0 Å². The van der Waals surface area contributed by atoms with Crippen LogP contribution in [0.1, 0.15) is 36.5 Å². The first-order chi connectivity index (χ1) is 11.0. The first kappa shape index (κ1) is 16.6. The molecule has 0 radical (unpaired) electrons. The molecule has 0 aliphatic carbocycles. The second-order valence-corrected chi connectivity index (χ2v) is 5.57. The SMILES string of the molecule is Cc1cc(OCC(=O)Oc2ccc(C#N)cc2)ccc1C(C)C. The third-order valence-electron chi connectivity index (χ3n) is 3.44. The van der Waals surface area contributed by atoms with E-state index in [9.17, 15) is 4.79 Å². The third-order valence-corrected chi connectivity index (χ3v) is 3.44. The summed E-state index contributed by atoms with van der Waals surface area (Å²) in [7, 11) is 0. The average molecular weight is 309 g/mol. The summed E-state index contributed by atoms with van der Waals surface area (Å²) in [6.07, 6.45) is 0.